The van der Waals surface area contributed by atoms with Crippen LogP contribution in [0.1, 0.15) is 104 Å². The Bertz CT molecular complexity index is 318. The summed E-state index contributed by atoms with van der Waals surface area (Å²) in [4.78, 5) is 11.1. The molecular weight excluding hydrogens is 296 g/mol. The molecule has 0 aromatic rings. The van der Waals surface area contributed by atoms with E-state index in [0.29, 0.717) is 6.61 Å². The maximum atomic E-state index is 11.1. The lowest BCUT2D eigenvalue weighted by atomic mass is 10.1. The summed E-state index contributed by atoms with van der Waals surface area (Å²) in [5, 5.41) is 0. The molecule has 0 saturated heterocycles. The lowest BCUT2D eigenvalue weighted by Gasteiger charge is -2.02. The second kappa shape index (κ2) is 20.0. The summed E-state index contributed by atoms with van der Waals surface area (Å²) in [6.07, 6.45) is 26.1. The van der Waals surface area contributed by atoms with Crippen LogP contribution in [0.15, 0.2) is 24.3 Å². The standard InChI is InChI=1S/C22H40O2/c1-3-5-6-7-8-9-10-11-12-13-14-15-16-17-18-19-21-24-22(23)20-4-2/h4,11-12,20H,3,5-10,13-19,21H2,1-2H3. The Morgan fingerprint density at radius 1 is 0.750 bits per heavy atom. The third kappa shape index (κ3) is 19.0. The van der Waals surface area contributed by atoms with E-state index in [1.807, 2.05) is 6.92 Å². The average molecular weight is 337 g/mol. The van der Waals surface area contributed by atoms with Gasteiger partial charge in [0, 0.05) is 6.08 Å². The highest BCUT2D eigenvalue weighted by Crippen LogP contribution is 2.10. The first-order valence-corrected chi connectivity index (χ1v) is 10.3. The lowest BCUT2D eigenvalue weighted by molar-refractivity contribution is -0.137. The highest BCUT2D eigenvalue weighted by Gasteiger charge is 1.96. The van der Waals surface area contributed by atoms with Gasteiger partial charge in [-0.15, -0.1) is 0 Å². The van der Waals surface area contributed by atoms with E-state index < -0.39 is 0 Å². The number of esters is 1. The molecule has 140 valence electrons. The molecule has 0 heterocycles. The number of carbonyl (C=O) groups is 1. The highest BCUT2D eigenvalue weighted by molar-refractivity contribution is 5.81. The van der Waals surface area contributed by atoms with Gasteiger partial charge in [0.25, 0.3) is 0 Å². The first kappa shape index (κ1) is 22.9. The number of hydrogen-bond donors (Lipinski definition) is 0. The number of ether oxygens (including phenoxy) is 1. The molecule has 0 aromatic carbocycles. The molecule has 24 heavy (non-hydrogen) atoms. The van der Waals surface area contributed by atoms with E-state index in [0.717, 1.165) is 12.8 Å². The third-order valence-corrected chi connectivity index (χ3v) is 4.20. The fourth-order valence-electron chi connectivity index (χ4n) is 2.71. The zero-order valence-corrected chi connectivity index (χ0v) is 16.2. The molecule has 0 aliphatic heterocycles. The number of allylic oxidation sites excluding steroid dienone is 3. The summed E-state index contributed by atoms with van der Waals surface area (Å²) in [5.74, 6) is -0.217. The minimum absolute atomic E-state index is 0.217. The van der Waals surface area contributed by atoms with E-state index in [9.17, 15) is 4.79 Å². The Hall–Kier alpha value is -1.05. The summed E-state index contributed by atoms with van der Waals surface area (Å²) in [7, 11) is 0. The molecule has 0 atom stereocenters. The first-order chi connectivity index (χ1) is 11.8. The van der Waals surface area contributed by atoms with Crippen LogP contribution in [0.5, 0.6) is 0 Å². The van der Waals surface area contributed by atoms with Crippen LogP contribution in [0, 0.1) is 0 Å². The van der Waals surface area contributed by atoms with E-state index in [1.165, 1.54) is 83.1 Å². The Balaban J connectivity index is 3.14. The second-order valence-electron chi connectivity index (χ2n) is 6.61. The lowest BCUT2D eigenvalue weighted by Crippen LogP contribution is -2.01. The summed E-state index contributed by atoms with van der Waals surface area (Å²) in [6, 6.07) is 0. The number of carbonyl (C=O) groups excluding carboxylic acids is 1. The van der Waals surface area contributed by atoms with E-state index in [-0.39, 0.29) is 5.97 Å². The van der Waals surface area contributed by atoms with Crippen molar-refractivity contribution < 1.29 is 9.53 Å². The van der Waals surface area contributed by atoms with Crippen molar-refractivity contribution in [2.24, 2.45) is 0 Å². The molecule has 0 aliphatic carbocycles. The largest absolute Gasteiger partial charge is 0.463 e. The predicted molar refractivity (Wildman–Crippen MR) is 105 cm³/mol. The van der Waals surface area contributed by atoms with Crippen molar-refractivity contribution in [3.63, 3.8) is 0 Å². The molecule has 0 bridgehead atoms. The molecule has 0 spiro atoms. The van der Waals surface area contributed by atoms with Gasteiger partial charge in [-0.3, -0.25) is 0 Å². The van der Waals surface area contributed by atoms with Crippen LogP contribution in [0.2, 0.25) is 0 Å². The van der Waals surface area contributed by atoms with Crippen molar-refractivity contribution in [3.8, 4) is 0 Å². The molecule has 0 radical (unpaired) electrons. The summed E-state index contributed by atoms with van der Waals surface area (Å²) < 4.78 is 5.07. The van der Waals surface area contributed by atoms with E-state index in [4.69, 9.17) is 4.74 Å². The maximum Gasteiger partial charge on any atom is 0.330 e. The molecule has 0 rings (SSSR count). The van der Waals surface area contributed by atoms with Crippen LogP contribution in [-0.4, -0.2) is 12.6 Å². The van der Waals surface area contributed by atoms with E-state index >= 15 is 0 Å². The van der Waals surface area contributed by atoms with Gasteiger partial charge < -0.3 is 4.74 Å². The Kier molecular flexibility index (Phi) is 19.1. The molecule has 0 unspecified atom stereocenters. The van der Waals surface area contributed by atoms with Crippen LogP contribution in [-0.2, 0) is 9.53 Å². The number of unbranched alkanes of at least 4 members (excludes halogenated alkanes) is 12. The monoisotopic (exact) mass is 336 g/mol. The molecule has 0 amide bonds. The molecular formula is C22H40O2. The Morgan fingerprint density at radius 2 is 1.25 bits per heavy atom. The quantitative estimate of drug-likeness (QED) is 0.122. The van der Waals surface area contributed by atoms with Gasteiger partial charge in [-0.1, -0.05) is 82.9 Å². The fraction of sp³-hybridized carbons (Fsp3) is 0.773. The minimum Gasteiger partial charge on any atom is -0.463 e. The van der Waals surface area contributed by atoms with Crippen LogP contribution >= 0.6 is 0 Å². The van der Waals surface area contributed by atoms with Crippen LogP contribution in [0.25, 0.3) is 0 Å². The van der Waals surface area contributed by atoms with Gasteiger partial charge in [-0.05, 0) is 39.0 Å². The fourth-order valence-corrected chi connectivity index (χ4v) is 2.71. The number of hydrogen-bond acceptors (Lipinski definition) is 2. The molecule has 2 heteroatoms. The topological polar surface area (TPSA) is 26.3 Å². The third-order valence-electron chi connectivity index (χ3n) is 4.20. The van der Waals surface area contributed by atoms with Crippen molar-refractivity contribution in [1.29, 1.82) is 0 Å². The smallest absolute Gasteiger partial charge is 0.330 e. The van der Waals surface area contributed by atoms with Crippen molar-refractivity contribution in [3.05, 3.63) is 24.3 Å². The normalized spacial score (nSPS) is 11.6. The second-order valence-corrected chi connectivity index (χ2v) is 6.61. The van der Waals surface area contributed by atoms with Gasteiger partial charge in [-0.2, -0.15) is 0 Å². The van der Waals surface area contributed by atoms with Gasteiger partial charge in [0.15, 0.2) is 0 Å². The SMILES string of the molecule is CC=CC(=O)OCCCCCCCCC=CCCCCCCCC. The zero-order valence-electron chi connectivity index (χ0n) is 16.2. The van der Waals surface area contributed by atoms with E-state index in [2.05, 4.69) is 19.1 Å². The highest BCUT2D eigenvalue weighted by atomic mass is 16.5. The van der Waals surface area contributed by atoms with E-state index in [1.54, 1.807) is 6.08 Å². The molecule has 2 nitrogen and oxygen atoms in total. The molecule has 0 N–H and O–H groups in total. The van der Waals surface area contributed by atoms with Gasteiger partial charge >= 0.3 is 5.97 Å². The van der Waals surface area contributed by atoms with Crippen LogP contribution < -0.4 is 0 Å². The van der Waals surface area contributed by atoms with Crippen molar-refractivity contribution in [1.82, 2.24) is 0 Å². The van der Waals surface area contributed by atoms with Gasteiger partial charge in [0.1, 0.15) is 0 Å². The molecule has 0 fully saturated rings. The Morgan fingerprint density at radius 3 is 1.79 bits per heavy atom. The van der Waals surface area contributed by atoms with Gasteiger partial charge in [0.2, 0.25) is 0 Å². The van der Waals surface area contributed by atoms with Gasteiger partial charge in [0.05, 0.1) is 6.61 Å². The van der Waals surface area contributed by atoms with Crippen LogP contribution in [0.4, 0.5) is 0 Å². The molecule has 0 aliphatic rings. The molecule has 0 aromatic heterocycles. The van der Waals surface area contributed by atoms with Crippen molar-refractivity contribution in [2.75, 3.05) is 6.61 Å². The van der Waals surface area contributed by atoms with Gasteiger partial charge in [-0.25, -0.2) is 4.79 Å². The zero-order chi connectivity index (χ0) is 17.7. The predicted octanol–water partition coefficient (Wildman–Crippen LogP) is 7.14. The first-order valence-electron chi connectivity index (χ1n) is 10.3. The number of rotatable bonds is 17. The van der Waals surface area contributed by atoms with Crippen LogP contribution in [0.3, 0.4) is 0 Å². The maximum absolute atomic E-state index is 11.1. The Labute approximate surface area is 150 Å². The van der Waals surface area contributed by atoms with Crippen molar-refractivity contribution >= 4 is 5.97 Å². The summed E-state index contributed by atoms with van der Waals surface area (Å²) >= 11 is 0. The summed E-state index contributed by atoms with van der Waals surface area (Å²) in [6.45, 7) is 4.65. The minimum atomic E-state index is -0.217. The van der Waals surface area contributed by atoms with Crippen molar-refractivity contribution in [2.45, 2.75) is 104 Å². The summed E-state index contributed by atoms with van der Waals surface area (Å²) in [5.41, 5.74) is 0. The average Bonchev–Trinajstić information content (AvgIpc) is 2.58. The molecule has 0 saturated carbocycles.